The Morgan fingerprint density at radius 2 is 1.88 bits per heavy atom. The number of rotatable bonds is 4. The van der Waals surface area contributed by atoms with E-state index in [2.05, 4.69) is 15.3 Å². The number of aromatic nitrogens is 4. The van der Waals surface area contributed by atoms with Gasteiger partial charge in [-0.2, -0.15) is 0 Å². The SMILES string of the molecule is CN(Cc1nc2ccccc2s1)C(=O)Cn1nnc2ccccc21. The standard InChI is InChI=1S/C17H15N5OS/c1-21(10-16-18-13-7-3-5-9-15(13)24-16)17(23)11-22-14-8-4-2-6-12(14)19-20-22/h2-9H,10-11H2,1H3. The minimum Gasteiger partial charge on any atom is -0.337 e. The largest absolute Gasteiger partial charge is 0.337 e. The Morgan fingerprint density at radius 3 is 2.71 bits per heavy atom. The van der Waals surface area contributed by atoms with Crippen LogP contribution in [0.5, 0.6) is 0 Å². The Hall–Kier alpha value is -2.80. The van der Waals surface area contributed by atoms with Crippen molar-refractivity contribution in [3.63, 3.8) is 0 Å². The van der Waals surface area contributed by atoms with Crippen molar-refractivity contribution in [3.05, 3.63) is 53.5 Å². The Kier molecular flexibility index (Phi) is 3.70. The van der Waals surface area contributed by atoms with Crippen LogP contribution in [-0.4, -0.2) is 37.8 Å². The van der Waals surface area contributed by atoms with Gasteiger partial charge in [0, 0.05) is 7.05 Å². The van der Waals surface area contributed by atoms with Crippen LogP contribution >= 0.6 is 11.3 Å². The molecule has 2 aromatic carbocycles. The second-order valence-corrected chi connectivity index (χ2v) is 6.68. The average Bonchev–Trinajstić information content (AvgIpc) is 3.18. The normalized spacial score (nSPS) is 11.2. The van der Waals surface area contributed by atoms with E-state index < -0.39 is 0 Å². The lowest BCUT2D eigenvalue weighted by atomic mass is 10.3. The first kappa shape index (κ1) is 14.8. The number of hydrogen-bond acceptors (Lipinski definition) is 5. The molecule has 4 aromatic rings. The van der Waals surface area contributed by atoms with Gasteiger partial charge in [-0.15, -0.1) is 16.4 Å². The van der Waals surface area contributed by atoms with Crippen LogP contribution in [0.3, 0.4) is 0 Å². The van der Waals surface area contributed by atoms with Crippen molar-refractivity contribution in [1.29, 1.82) is 0 Å². The molecular formula is C17H15N5OS. The molecule has 0 saturated carbocycles. The maximum absolute atomic E-state index is 12.5. The van der Waals surface area contributed by atoms with E-state index in [0.717, 1.165) is 26.3 Å². The first-order valence-corrected chi connectivity index (χ1v) is 8.39. The second kappa shape index (κ2) is 6.01. The van der Waals surface area contributed by atoms with Gasteiger partial charge in [0.25, 0.3) is 0 Å². The van der Waals surface area contributed by atoms with Gasteiger partial charge in [-0.1, -0.05) is 29.5 Å². The second-order valence-electron chi connectivity index (χ2n) is 5.56. The summed E-state index contributed by atoms with van der Waals surface area (Å²) in [6, 6.07) is 15.6. The van der Waals surface area contributed by atoms with Gasteiger partial charge in [0.2, 0.25) is 5.91 Å². The number of thiazole rings is 1. The Bertz CT molecular complexity index is 989. The molecule has 0 aliphatic heterocycles. The van der Waals surface area contributed by atoms with Gasteiger partial charge in [0.05, 0.1) is 22.3 Å². The van der Waals surface area contributed by atoms with Crippen molar-refractivity contribution in [3.8, 4) is 0 Å². The van der Waals surface area contributed by atoms with Crippen LogP contribution in [-0.2, 0) is 17.9 Å². The highest BCUT2D eigenvalue weighted by molar-refractivity contribution is 7.18. The fourth-order valence-electron chi connectivity index (χ4n) is 2.56. The monoisotopic (exact) mass is 337 g/mol. The number of benzene rings is 2. The highest BCUT2D eigenvalue weighted by atomic mass is 32.1. The zero-order valence-corrected chi connectivity index (χ0v) is 13.9. The average molecular weight is 337 g/mol. The highest BCUT2D eigenvalue weighted by Gasteiger charge is 2.14. The van der Waals surface area contributed by atoms with Gasteiger partial charge in [-0.3, -0.25) is 4.79 Å². The minimum atomic E-state index is -0.0232. The number of hydrogen-bond donors (Lipinski definition) is 0. The van der Waals surface area contributed by atoms with Crippen molar-refractivity contribution in [2.24, 2.45) is 0 Å². The molecular weight excluding hydrogens is 322 g/mol. The lowest BCUT2D eigenvalue weighted by Gasteiger charge is -2.15. The summed E-state index contributed by atoms with van der Waals surface area (Å²) >= 11 is 1.61. The first-order valence-electron chi connectivity index (χ1n) is 7.57. The van der Waals surface area contributed by atoms with Gasteiger partial charge in [0.15, 0.2) is 0 Å². The van der Waals surface area contributed by atoms with Crippen molar-refractivity contribution in [2.45, 2.75) is 13.1 Å². The Balaban J connectivity index is 1.49. The third-order valence-electron chi connectivity index (χ3n) is 3.84. The van der Waals surface area contributed by atoms with Gasteiger partial charge < -0.3 is 4.90 Å². The van der Waals surface area contributed by atoms with Gasteiger partial charge in [-0.05, 0) is 24.3 Å². The quantitative estimate of drug-likeness (QED) is 0.574. The summed E-state index contributed by atoms with van der Waals surface area (Å²) in [5.74, 6) is -0.0232. The van der Waals surface area contributed by atoms with Crippen molar-refractivity contribution in [1.82, 2.24) is 24.9 Å². The maximum atomic E-state index is 12.5. The summed E-state index contributed by atoms with van der Waals surface area (Å²) in [7, 11) is 1.79. The summed E-state index contributed by atoms with van der Waals surface area (Å²) < 4.78 is 2.77. The highest BCUT2D eigenvalue weighted by Crippen LogP contribution is 2.22. The van der Waals surface area contributed by atoms with Gasteiger partial charge in [-0.25, -0.2) is 9.67 Å². The van der Waals surface area contributed by atoms with E-state index in [-0.39, 0.29) is 12.5 Å². The third-order valence-corrected chi connectivity index (χ3v) is 4.86. The predicted octanol–water partition coefficient (Wildman–Crippen LogP) is 2.70. The van der Waals surface area contributed by atoms with Crippen LogP contribution < -0.4 is 0 Å². The molecule has 6 nitrogen and oxygen atoms in total. The number of likely N-dealkylation sites (N-methyl/N-ethyl adjacent to an activating group) is 1. The number of fused-ring (bicyclic) bond motifs is 2. The lowest BCUT2D eigenvalue weighted by Crippen LogP contribution is -2.30. The topological polar surface area (TPSA) is 63.9 Å². The zero-order valence-electron chi connectivity index (χ0n) is 13.1. The summed E-state index contributed by atoms with van der Waals surface area (Å²) in [5, 5.41) is 9.07. The van der Waals surface area contributed by atoms with Crippen LogP contribution in [0.25, 0.3) is 21.3 Å². The molecule has 2 aromatic heterocycles. The number of nitrogens with zero attached hydrogens (tertiary/aromatic N) is 5. The number of para-hydroxylation sites is 2. The molecule has 120 valence electrons. The van der Waals surface area contributed by atoms with Crippen molar-refractivity contribution >= 4 is 38.5 Å². The molecule has 0 atom stereocenters. The Labute approximate surface area is 142 Å². The molecule has 0 aliphatic rings. The van der Waals surface area contributed by atoms with Gasteiger partial charge in [0.1, 0.15) is 17.1 Å². The minimum absolute atomic E-state index is 0.0232. The van der Waals surface area contributed by atoms with Crippen molar-refractivity contribution < 1.29 is 4.79 Å². The molecule has 0 unspecified atom stereocenters. The van der Waals surface area contributed by atoms with E-state index in [0.29, 0.717) is 6.54 Å². The molecule has 7 heteroatoms. The first-order chi connectivity index (χ1) is 11.7. The smallest absolute Gasteiger partial charge is 0.244 e. The summed E-state index contributed by atoms with van der Waals surface area (Å²) in [5.41, 5.74) is 2.62. The fourth-order valence-corrected chi connectivity index (χ4v) is 3.58. The number of carbonyl (C=O) groups excluding carboxylic acids is 1. The van der Waals surface area contributed by atoms with Crippen LogP contribution in [0.4, 0.5) is 0 Å². The van der Waals surface area contributed by atoms with Gasteiger partial charge >= 0.3 is 0 Å². The molecule has 0 bridgehead atoms. The molecule has 0 fully saturated rings. The summed E-state index contributed by atoms with van der Waals surface area (Å²) in [4.78, 5) is 18.7. The van der Waals surface area contributed by atoms with E-state index in [1.165, 1.54) is 0 Å². The summed E-state index contributed by atoms with van der Waals surface area (Å²) in [6.07, 6.45) is 0. The number of carbonyl (C=O) groups is 1. The molecule has 4 rings (SSSR count). The molecule has 2 heterocycles. The van der Waals surface area contributed by atoms with Crippen LogP contribution in [0.2, 0.25) is 0 Å². The van der Waals surface area contributed by atoms with E-state index >= 15 is 0 Å². The Morgan fingerprint density at radius 1 is 1.12 bits per heavy atom. The maximum Gasteiger partial charge on any atom is 0.244 e. The molecule has 0 saturated heterocycles. The fraction of sp³-hybridized carbons (Fsp3) is 0.176. The van der Waals surface area contributed by atoms with Crippen LogP contribution in [0, 0.1) is 0 Å². The zero-order chi connectivity index (χ0) is 16.5. The molecule has 0 radical (unpaired) electrons. The molecule has 24 heavy (non-hydrogen) atoms. The van der Waals surface area contributed by atoms with Crippen LogP contribution in [0.1, 0.15) is 5.01 Å². The summed E-state index contributed by atoms with van der Waals surface area (Å²) in [6.45, 7) is 0.659. The molecule has 0 spiro atoms. The molecule has 0 N–H and O–H groups in total. The molecule has 1 amide bonds. The van der Waals surface area contributed by atoms with E-state index in [9.17, 15) is 4.79 Å². The van der Waals surface area contributed by atoms with E-state index in [1.54, 1.807) is 28.0 Å². The van der Waals surface area contributed by atoms with Crippen LogP contribution in [0.15, 0.2) is 48.5 Å². The lowest BCUT2D eigenvalue weighted by molar-refractivity contribution is -0.131. The van der Waals surface area contributed by atoms with Crippen molar-refractivity contribution in [2.75, 3.05) is 7.05 Å². The molecule has 0 aliphatic carbocycles. The number of amides is 1. The van der Waals surface area contributed by atoms with E-state index in [1.807, 2.05) is 48.5 Å². The predicted molar refractivity (Wildman–Crippen MR) is 93.6 cm³/mol. The third kappa shape index (κ3) is 2.74. The van der Waals surface area contributed by atoms with E-state index in [4.69, 9.17) is 0 Å².